The third-order valence-electron chi connectivity index (χ3n) is 6.85. The van der Waals surface area contributed by atoms with Gasteiger partial charge in [-0.05, 0) is 17.7 Å². The van der Waals surface area contributed by atoms with Crippen LogP contribution in [0.3, 0.4) is 0 Å². The Morgan fingerprint density at radius 1 is 1.05 bits per heavy atom. The summed E-state index contributed by atoms with van der Waals surface area (Å²) in [5.74, 6) is 0.429. The van der Waals surface area contributed by atoms with E-state index < -0.39 is 17.3 Å². The molecule has 3 aliphatic heterocycles. The number of carbonyl (C=O) groups excluding carboxylic acids is 2. The van der Waals surface area contributed by atoms with Gasteiger partial charge in [0.15, 0.2) is 0 Å². The first kappa shape index (κ1) is 22.4. The molecule has 10 heteroatoms. The fourth-order valence-electron chi connectivity index (χ4n) is 5.16. The lowest BCUT2D eigenvalue weighted by Crippen LogP contribution is -2.60. The number of ether oxygens (including phenoxy) is 1. The van der Waals surface area contributed by atoms with Gasteiger partial charge >= 0.3 is 6.03 Å². The highest BCUT2D eigenvalue weighted by atomic mass is 35.5. The number of hydrogen-bond donors (Lipinski definition) is 1. The third kappa shape index (κ3) is 3.53. The highest BCUT2D eigenvalue weighted by molar-refractivity contribution is 8.09. The van der Waals surface area contributed by atoms with Crippen molar-refractivity contribution < 1.29 is 14.3 Å². The lowest BCUT2D eigenvalue weighted by molar-refractivity contribution is -0.118. The number of urea groups is 1. The van der Waals surface area contributed by atoms with Crippen LogP contribution in [-0.4, -0.2) is 44.6 Å². The summed E-state index contributed by atoms with van der Waals surface area (Å²) in [5.41, 5.74) is 3.00. The van der Waals surface area contributed by atoms with Crippen molar-refractivity contribution in [1.29, 1.82) is 0 Å². The van der Waals surface area contributed by atoms with Crippen molar-refractivity contribution in [2.75, 3.05) is 11.5 Å². The van der Waals surface area contributed by atoms with E-state index in [0.29, 0.717) is 17.3 Å². The Bertz CT molecular complexity index is 1630. The summed E-state index contributed by atoms with van der Waals surface area (Å²) >= 11 is 8.16. The maximum atomic E-state index is 13.7. The number of aryl methyl sites for hydroxylation is 1. The number of halogens is 1. The molecule has 8 nitrogen and oxygen atoms in total. The van der Waals surface area contributed by atoms with Crippen LogP contribution in [0.1, 0.15) is 12.0 Å². The van der Waals surface area contributed by atoms with Crippen molar-refractivity contribution in [2.24, 2.45) is 0 Å². The molecule has 2 unspecified atom stereocenters. The van der Waals surface area contributed by atoms with E-state index in [2.05, 4.69) is 15.4 Å². The zero-order chi connectivity index (χ0) is 25.1. The zero-order valence-electron chi connectivity index (χ0n) is 19.4. The minimum absolute atomic E-state index is 0.289. The quantitative estimate of drug-likeness (QED) is 0.396. The van der Waals surface area contributed by atoms with E-state index in [1.165, 1.54) is 16.7 Å². The van der Waals surface area contributed by atoms with Gasteiger partial charge < -0.3 is 10.1 Å². The lowest BCUT2D eigenvalue weighted by Gasteiger charge is -2.33. The molecule has 0 radical (unpaired) electrons. The van der Waals surface area contributed by atoms with Gasteiger partial charge in [-0.2, -0.15) is 5.10 Å². The topological polar surface area (TPSA) is 89.3 Å². The molecule has 2 aromatic carbocycles. The summed E-state index contributed by atoms with van der Waals surface area (Å²) in [4.78, 5) is 33.2. The van der Waals surface area contributed by atoms with Crippen molar-refractivity contribution in [1.82, 2.24) is 20.1 Å². The molecule has 1 fully saturated rings. The van der Waals surface area contributed by atoms with Crippen molar-refractivity contribution in [3.8, 4) is 17.0 Å². The molecule has 37 heavy (non-hydrogen) atoms. The van der Waals surface area contributed by atoms with Gasteiger partial charge in [0.2, 0.25) is 5.88 Å². The van der Waals surface area contributed by atoms with Crippen LogP contribution in [0, 0.1) is 0 Å². The average Bonchev–Trinajstić information content (AvgIpc) is 3.53. The molecule has 3 aliphatic rings. The van der Waals surface area contributed by atoms with E-state index in [4.69, 9.17) is 16.3 Å². The van der Waals surface area contributed by atoms with Crippen molar-refractivity contribution >= 4 is 56.7 Å². The van der Waals surface area contributed by atoms with Crippen LogP contribution >= 0.6 is 23.4 Å². The number of thioether (sulfide) groups is 1. The van der Waals surface area contributed by atoms with E-state index in [-0.39, 0.29) is 5.91 Å². The molecule has 0 aliphatic carbocycles. The third-order valence-corrected chi connectivity index (χ3v) is 8.51. The van der Waals surface area contributed by atoms with Crippen LogP contribution in [0.5, 0.6) is 5.88 Å². The van der Waals surface area contributed by atoms with Gasteiger partial charge in [-0.1, -0.05) is 48.0 Å². The first-order chi connectivity index (χ1) is 18.1. The Morgan fingerprint density at radius 2 is 1.95 bits per heavy atom. The number of benzene rings is 2. The molecule has 5 heterocycles. The molecule has 0 bridgehead atoms. The molecule has 3 amide bonds. The zero-order valence-corrected chi connectivity index (χ0v) is 21.0. The molecule has 4 aromatic rings. The van der Waals surface area contributed by atoms with Crippen LogP contribution < -0.4 is 15.0 Å². The molecule has 1 N–H and O–H groups in total. The van der Waals surface area contributed by atoms with Gasteiger partial charge in [-0.25, -0.2) is 14.4 Å². The fourth-order valence-corrected chi connectivity index (χ4v) is 6.83. The van der Waals surface area contributed by atoms with E-state index in [1.807, 2.05) is 53.2 Å². The number of hydrogen-bond acceptors (Lipinski definition) is 6. The number of pyridine rings is 1. The van der Waals surface area contributed by atoms with E-state index in [9.17, 15) is 9.59 Å². The summed E-state index contributed by atoms with van der Waals surface area (Å²) < 4.78 is 7.80. The van der Waals surface area contributed by atoms with Gasteiger partial charge in [-0.15, -0.1) is 11.8 Å². The SMILES string of the molecule is O=C1NC2C=C(c3c(Cl)cccc3-c3cnn4c3OCCC4)SC2C(=O)N1c1cncc2ccccc12. The first-order valence-electron chi connectivity index (χ1n) is 11.9. The first-order valence-corrected chi connectivity index (χ1v) is 13.2. The number of carbonyl (C=O) groups is 2. The normalized spacial score (nSPS) is 20.8. The number of anilines is 1. The number of fused-ring (bicyclic) bond motifs is 3. The number of nitrogens with one attached hydrogen (secondary N) is 1. The molecule has 7 rings (SSSR count). The molecule has 184 valence electrons. The number of rotatable bonds is 3. The molecule has 2 aromatic heterocycles. The predicted molar refractivity (Wildman–Crippen MR) is 144 cm³/mol. The molecule has 0 saturated carbocycles. The molecule has 1 saturated heterocycles. The highest BCUT2D eigenvalue weighted by Gasteiger charge is 2.46. The molecular weight excluding hydrogens is 510 g/mol. The minimum atomic E-state index is -0.534. The van der Waals surface area contributed by atoms with Crippen molar-refractivity contribution in [2.45, 2.75) is 24.3 Å². The van der Waals surface area contributed by atoms with Crippen LogP contribution in [0.15, 0.2) is 67.1 Å². The van der Waals surface area contributed by atoms with Gasteiger partial charge in [0.25, 0.3) is 5.91 Å². The Kier molecular flexibility index (Phi) is 5.23. The number of amides is 3. The van der Waals surface area contributed by atoms with Crippen LogP contribution in [0.4, 0.5) is 10.5 Å². The monoisotopic (exact) mass is 529 g/mol. The maximum absolute atomic E-state index is 13.7. The molecular formula is C27H20ClN5O3S. The van der Waals surface area contributed by atoms with Crippen LogP contribution in [0.25, 0.3) is 26.8 Å². The van der Waals surface area contributed by atoms with Crippen LogP contribution in [0.2, 0.25) is 5.02 Å². The van der Waals surface area contributed by atoms with E-state index in [0.717, 1.165) is 51.2 Å². The smallest absolute Gasteiger partial charge is 0.329 e. The Labute approximate surface area is 221 Å². The predicted octanol–water partition coefficient (Wildman–Crippen LogP) is 5.12. The fraction of sp³-hybridized carbons (Fsp3) is 0.185. The summed E-state index contributed by atoms with van der Waals surface area (Å²) in [6, 6.07) is 12.3. The number of imide groups is 1. The standard InChI is InChI=1S/C27H20ClN5O3S/c28-19-8-3-7-17(18-13-30-32-9-4-10-36-26(18)32)23(19)22-11-20-24(37-22)25(34)33(27(35)31-20)21-14-29-12-15-5-1-2-6-16(15)21/h1-3,5-8,11-14,20,24H,4,9-10H2,(H,31,35). The van der Waals surface area contributed by atoms with Gasteiger partial charge in [0, 0.05) is 45.4 Å². The largest absolute Gasteiger partial charge is 0.477 e. The Balaban J connectivity index is 1.26. The average molecular weight is 530 g/mol. The van der Waals surface area contributed by atoms with Gasteiger partial charge in [0.05, 0.1) is 36.3 Å². The second-order valence-electron chi connectivity index (χ2n) is 9.05. The van der Waals surface area contributed by atoms with Crippen molar-refractivity contribution in [3.63, 3.8) is 0 Å². The minimum Gasteiger partial charge on any atom is -0.477 e. The van der Waals surface area contributed by atoms with Gasteiger partial charge in [0.1, 0.15) is 5.25 Å². The van der Waals surface area contributed by atoms with Crippen molar-refractivity contribution in [3.05, 3.63) is 77.7 Å². The summed E-state index contributed by atoms with van der Waals surface area (Å²) in [6.45, 7) is 1.43. The Morgan fingerprint density at radius 3 is 2.86 bits per heavy atom. The van der Waals surface area contributed by atoms with E-state index in [1.54, 1.807) is 18.6 Å². The lowest BCUT2D eigenvalue weighted by atomic mass is 9.99. The Hall–Kier alpha value is -3.82. The number of nitrogens with zero attached hydrogens (tertiary/aromatic N) is 4. The number of aromatic nitrogens is 3. The second kappa shape index (κ2) is 8.64. The van der Waals surface area contributed by atoms with Gasteiger partial charge in [-0.3, -0.25) is 9.78 Å². The molecule has 0 spiro atoms. The van der Waals surface area contributed by atoms with Crippen LogP contribution in [-0.2, 0) is 11.3 Å². The maximum Gasteiger partial charge on any atom is 0.329 e. The highest BCUT2D eigenvalue weighted by Crippen LogP contribution is 2.49. The summed E-state index contributed by atoms with van der Waals surface area (Å²) in [7, 11) is 0. The summed E-state index contributed by atoms with van der Waals surface area (Å²) in [6.07, 6.45) is 7.90. The van der Waals surface area contributed by atoms with E-state index >= 15 is 0 Å². The molecule has 2 atom stereocenters. The summed E-state index contributed by atoms with van der Waals surface area (Å²) in [5, 5.41) is 9.16. The second-order valence-corrected chi connectivity index (χ2v) is 10.6.